The van der Waals surface area contributed by atoms with Gasteiger partial charge in [-0.25, -0.2) is 4.79 Å². The molecule has 0 fully saturated rings. The van der Waals surface area contributed by atoms with Crippen LogP contribution in [-0.2, 0) is 28.8 Å². The molecule has 0 radical (unpaired) electrons. The highest BCUT2D eigenvalue weighted by Gasteiger charge is 2.03. The molecule has 0 aliphatic rings. The standard InChI is InChI=1S/C15H20O2/c1-4-12-7-8-14(13(5-2)11-12)9-10-17-15(16)6-3/h6-8,11H,3-5,9-10H2,1-2H3. The van der Waals surface area contributed by atoms with Crippen LogP contribution in [0.25, 0.3) is 0 Å². The first-order valence-corrected chi connectivity index (χ1v) is 6.11. The zero-order chi connectivity index (χ0) is 12.7. The summed E-state index contributed by atoms with van der Waals surface area (Å²) in [6.45, 7) is 8.09. The normalized spacial score (nSPS) is 10.0. The number of benzene rings is 1. The summed E-state index contributed by atoms with van der Waals surface area (Å²) in [6.07, 6.45) is 4.03. The van der Waals surface area contributed by atoms with Crippen molar-refractivity contribution >= 4 is 5.97 Å². The Morgan fingerprint density at radius 3 is 2.65 bits per heavy atom. The molecule has 0 saturated carbocycles. The molecule has 1 rings (SSSR count). The highest BCUT2D eigenvalue weighted by molar-refractivity contribution is 5.81. The van der Waals surface area contributed by atoms with Gasteiger partial charge in [-0.15, -0.1) is 0 Å². The van der Waals surface area contributed by atoms with Crippen LogP contribution in [0.4, 0.5) is 0 Å². The molecule has 0 unspecified atom stereocenters. The third-order valence-corrected chi connectivity index (χ3v) is 2.84. The van der Waals surface area contributed by atoms with Crippen LogP contribution in [0.1, 0.15) is 30.5 Å². The van der Waals surface area contributed by atoms with Crippen LogP contribution in [0.15, 0.2) is 30.9 Å². The van der Waals surface area contributed by atoms with E-state index in [1.165, 1.54) is 22.8 Å². The molecule has 0 saturated heterocycles. The van der Waals surface area contributed by atoms with Crippen molar-refractivity contribution in [3.05, 3.63) is 47.5 Å². The van der Waals surface area contributed by atoms with Crippen molar-refractivity contribution in [2.75, 3.05) is 6.61 Å². The van der Waals surface area contributed by atoms with E-state index in [1.54, 1.807) is 0 Å². The maximum Gasteiger partial charge on any atom is 0.330 e. The summed E-state index contributed by atoms with van der Waals surface area (Å²) in [6, 6.07) is 6.52. The minimum atomic E-state index is -0.353. The first-order chi connectivity index (χ1) is 8.21. The number of aryl methyl sites for hydroxylation is 2. The van der Waals surface area contributed by atoms with Crippen LogP contribution in [0.3, 0.4) is 0 Å². The SMILES string of the molecule is C=CC(=O)OCCc1ccc(CC)cc1CC. The summed E-state index contributed by atoms with van der Waals surface area (Å²) in [5.74, 6) is -0.353. The van der Waals surface area contributed by atoms with E-state index in [9.17, 15) is 4.79 Å². The average molecular weight is 232 g/mol. The molecule has 92 valence electrons. The van der Waals surface area contributed by atoms with Crippen molar-refractivity contribution < 1.29 is 9.53 Å². The lowest BCUT2D eigenvalue weighted by atomic mass is 9.99. The summed E-state index contributed by atoms with van der Waals surface area (Å²) in [5.41, 5.74) is 3.97. The lowest BCUT2D eigenvalue weighted by molar-refractivity contribution is -0.137. The number of carbonyl (C=O) groups is 1. The predicted octanol–water partition coefficient (Wildman–Crippen LogP) is 3.08. The van der Waals surface area contributed by atoms with E-state index in [2.05, 4.69) is 38.6 Å². The van der Waals surface area contributed by atoms with Gasteiger partial charge in [-0.1, -0.05) is 38.6 Å². The fourth-order valence-electron chi connectivity index (χ4n) is 1.79. The zero-order valence-corrected chi connectivity index (χ0v) is 10.7. The van der Waals surface area contributed by atoms with Crippen LogP contribution >= 0.6 is 0 Å². The molecule has 0 aliphatic carbocycles. The highest BCUT2D eigenvalue weighted by atomic mass is 16.5. The smallest absolute Gasteiger partial charge is 0.330 e. The van der Waals surface area contributed by atoms with Crippen molar-refractivity contribution in [3.8, 4) is 0 Å². The van der Waals surface area contributed by atoms with E-state index < -0.39 is 0 Å². The number of hydrogen-bond acceptors (Lipinski definition) is 2. The molecule has 2 nitrogen and oxygen atoms in total. The van der Waals surface area contributed by atoms with Crippen molar-refractivity contribution in [3.63, 3.8) is 0 Å². The van der Waals surface area contributed by atoms with Gasteiger partial charge in [-0.05, 0) is 29.5 Å². The fraction of sp³-hybridized carbons (Fsp3) is 0.400. The van der Waals surface area contributed by atoms with E-state index in [4.69, 9.17) is 4.74 Å². The number of hydrogen-bond donors (Lipinski definition) is 0. The molecule has 0 N–H and O–H groups in total. The van der Waals surface area contributed by atoms with Gasteiger partial charge in [0.25, 0.3) is 0 Å². The van der Waals surface area contributed by atoms with Crippen molar-refractivity contribution in [2.45, 2.75) is 33.1 Å². The zero-order valence-electron chi connectivity index (χ0n) is 10.7. The molecule has 0 amide bonds. The van der Waals surface area contributed by atoms with Crippen LogP contribution in [0, 0.1) is 0 Å². The fourth-order valence-corrected chi connectivity index (χ4v) is 1.79. The van der Waals surface area contributed by atoms with Crippen LogP contribution in [-0.4, -0.2) is 12.6 Å². The Balaban J connectivity index is 2.64. The first kappa shape index (κ1) is 13.5. The maximum atomic E-state index is 10.9. The quantitative estimate of drug-likeness (QED) is 0.556. The summed E-state index contributed by atoms with van der Waals surface area (Å²) in [4.78, 5) is 10.9. The lowest BCUT2D eigenvalue weighted by Gasteiger charge is -2.09. The monoisotopic (exact) mass is 232 g/mol. The van der Waals surface area contributed by atoms with Gasteiger partial charge < -0.3 is 4.74 Å². The van der Waals surface area contributed by atoms with Crippen molar-refractivity contribution in [1.29, 1.82) is 0 Å². The minimum Gasteiger partial charge on any atom is -0.462 e. The second-order valence-electron chi connectivity index (χ2n) is 3.93. The lowest BCUT2D eigenvalue weighted by Crippen LogP contribution is -2.06. The van der Waals surface area contributed by atoms with E-state index in [-0.39, 0.29) is 5.97 Å². The summed E-state index contributed by atoms with van der Waals surface area (Å²) >= 11 is 0. The van der Waals surface area contributed by atoms with E-state index in [0.29, 0.717) is 6.61 Å². The van der Waals surface area contributed by atoms with Gasteiger partial charge in [0.05, 0.1) is 6.61 Å². The van der Waals surface area contributed by atoms with Gasteiger partial charge in [-0.3, -0.25) is 0 Å². The summed E-state index contributed by atoms with van der Waals surface area (Å²) in [7, 11) is 0. The molecule has 0 heterocycles. The molecule has 1 aromatic rings. The molecular weight excluding hydrogens is 212 g/mol. The third-order valence-electron chi connectivity index (χ3n) is 2.84. The van der Waals surface area contributed by atoms with Gasteiger partial charge >= 0.3 is 5.97 Å². The van der Waals surface area contributed by atoms with Gasteiger partial charge in [0.15, 0.2) is 0 Å². The Morgan fingerprint density at radius 1 is 1.29 bits per heavy atom. The van der Waals surface area contributed by atoms with E-state index in [1.807, 2.05) is 0 Å². The molecule has 0 bridgehead atoms. The van der Waals surface area contributed by atoms with Gasteiger partial charge in [0.1, 0.15) is 0 Å². The Hall–Kier alpha value is -1.57. The van der Waals surface area contributed by atoms with E-state index in [0.717, 1.165) is 19.3 Å². The van der Waals surface area contributed by atoms with Gasteiger partial charge in [-0.2, -0.15) is 0 Å². The second-order valence-corrected chi connectivity index (χ2v) is 3.93. The largest absolute Gasteiger partial charge is 0.462 e. The van der Waals surface area contributed by atoms with Crippen molar-refractivity contribution in [2.24, 2.45) is 0 Å². The number of rotatable bonds is 6. The Labute approximate surface area is 103 Å². The Kier molecular flexibility index (Phi) is 5.47. The number of ether oxygens (including phenoxy) is 1. The Morgan fingerprint density at radius 2 is 2.06 bits per heavy atom. The third kappa shape index (κ3) is 4.06. The van der Waals surface area contributed by atoms with Crippen LogP contribution < -0.4 is 0 Å². The van der Waals surface area contributed by atoms with Crippen LogP contribution in [0.2, 0.25) is 0 Å². The number of carbonyl (C=O) groups excluding carboxylic acids is 1. The highest BCUT2D eigenvalue weighted by Crippen LogP contribution is 2.14. The molecule has 0 atom stereocenters. The molecular formula is C15H20O2. The number of esters is 1. The van der Waals surface area contributed by atoms with Crippen LogP contribution in [0.5, 0.6) is 0 Å². The molecule has 0 aliphatic heterocycles. The minimum absolute atomic E-state index is 0.353. The van der Waals surface area contributed by atoms with Gasteiger partial charge in [0, 0.05) is 12.5 Å². The molecule has 0 aromatic heterocycles. The molecule has 1 aromatic carbocycles. The Bertz CT molecular complexity index is 394. The second kappa shape index (κ2) is 6.89. The summed E-state index contributed by atoms with van der Waals surface area (Å²) < 4.78 is 4.99. The van der Waals surface area contributed by atoms with Gasteiger partial charge in [0.2, 0.25) is 0 Å². The van der Waals surface area contributed by atoms with Crippen molar-refractivity contribution in [1.82, 2.24) is 0 Å². The molecule has 17 heavy (non-hydrogen) atoms. The van der Waals surface area contributed by atoms with E-state index >= 15 is 0 Å². The topological polar surface area (TPSA) is 26.3 Å². The molecule has 2 heteroatoms. The first-order valence-electron chi connectivity index (χ1n) is 6.11. The average Bonchev–Trinajstić information content (AvgIpc) is 2.38. The summed E-state index contributed by atoms with van der Waals surface area (Å²) in [5, 5.41) is 0. The molecule has 0 spiro atoms. The maximum absolute atomic E-state index is 10.9. The predicted molar refractivity (Wildman–Crippen MR) is 70.1 cm³/mol.